The molecule has 0 saturated heterocycles. The predicted molar refractivity (Wildman–Crippen MR) is 78.7 cm³/mol. The summed E-state index contributed by atoms with van der Waals surface area (Å²) in [6, 6.07) is 8.49. The predicted octanol–water partition coefficient (Wildman–Crippen LogP) is 0.643. The molecule has 1 unspecified atom stereocenters. The maximum absolute atomic E-state index is 11.8. The van der Waals surface area contributed by atoms with E-state index in [9.17, 15) is 9.59 Å². The van der Waals surface area contributed by atoms with Crippen molar-refractivity contribution in [3.8, 4) is 0 Å². The Morgan fingerprint density at radius 3 is 2.52 bits per heavy atom. The van der Waals surface area contributed by atoms with Gasteiger partial charge in [-0.1, -0.05) is 30.3 Å². The second kappa shape index (κ2) is 9.90. The topological polar surface area (TPSA) is 76.7 Å². The van der Waals surface area contributed by atoms with E-state index in [4.69, 9.17) is 9.47 Å². The van der Waals surface area contributed by atoms with E-state index in [1.165, 1.54) is 7.11 Å². The summed E-state index contributed by atoms with van der Waals surface area (Å²) >= 11 is 0. The van der Waals surface area contributed by atoms with Gasteiger partial charge in [0, 0.05) is 20.3 Å². The van der Waals surface area contributed by atoms with Gasteiger partial charge in [-0.25, -0.2) is 4.79 Å². The summed E-state index contributed by atoms with van der Waals surface area (Å²) in [5, 5.41) is 5.66. The number of carbonyl (C=O) groups excluding carboxylic acids is 2. The number of ether oxygens (including phenoxy) is 2. The van der Waals surface area contributed by atoms with Crippen LogP contribution in [0.4, 0.5) is 0 Å². The number of hydrogen-bond donors (Lipinski definition) is 2. The molecule has 0 aliphatic carbocycles. The zero-order valence-electron chi connectivity index (χ0n) is 12.4. The average molecular weight is 294 g/mol. The van der Waals surface area contributed by atoms with Crippen molar-refractivity contribution in [3.05, 3.63) is 35.9 Å². The van der Waals surface area contributed by atoms with Gasteiger partial charge in [-0.15, -0.1) is 0 Å². The third-order valence-electron chi connectivity index (χ3n) is 2.88. The second-order valence-corrected chi connectivity index (χ2v) is 4.44. The highest BCUT2D eigenvalue weighted by atomic mass is 16.5. The number of benzene rings is 1. The van der Waals surface area contributed by atoms with E-state index >= 15 is 0 Å². The minimum atomic E-state index is -0.652. The smallest absolute Gasteiger partial charge is 0.327 e. The molecule has 0 aliphatic rings. The lowest BCUT2D eigenvalue weighted by atomic mass is 10.1. The number of carbonyl (C=O) groups is 2. The molecular weight excluding hydrogens is 272 g/mol. The average Bonchev–Trinajstić information content (AvgIpc) is 2.52. The number of hydrogen-bond acceptors (Lipinski definition) is 5. The standard InChI is InChI=1S/C15H22N2O4/c1-20-10-6-9-16-13(18)11-17-14(15(19)21-2)12-7-4-3-5-8-12/h3-5,7-8,14,17H,6,9-11H2,1-2H3,(H,16,18). The summed E-state index contributed by atoms with van der Waals surface area (Å²) in [6.07, 6.45) is 0.751. The molecule has 0 radical (unpaired) electrons. The van der Waals surface area contributed by atoms with Gasteiger partial charge < -0.3 is 14.8 Å². The zero-order chi connectivity index (χ0) is 15.5. The van der Waals surface area contributed by atoms with E-state index in [0.717, 1.165) is 12.0 Å². The van der Waals surface area contributed by atoms with Crippen molar-refractivity contribution < 1.29 is 19.1 Å². The maximum atomic E-state index is 11.8. The Hall–Kier alpha value is -1.92. The molecule has 21 heavy (non-hydrogen) atoms. The van der Waals surface area contributed by atoms with Gasteiger partial charge in [0.15, 0.2) is 0 Å². The van der Waals surface area contributed by atoms with Crippen LogP contribution in [0.3, 0.4) is 0 Å². The van der Waals surface area contributed by atoms with E-state index in [1.807, 2.05) is 30.3 Å². The molecule has 0 aromatic heterocycles. The third kappa shape index (κ3) is 6.37. The molecule has 0 heterocycles. The van der Waals surface area contributed by atoms with Crippen LogP contribution in [0.25, 0.3) is 0 Å². The molecule has 0 saturated carbocycles. The van der Waals surface area contributed by atoms with Gasteiger partial charge in [-0.2, -0.15) is 0 Å². The van der Waals surface area contributed by atoms with Crippen LogP contribution in [0.1, 0.15) is 18.0 Å². The molecule has 0 fully saturated rings. The lowest BCUT2D eigenvalue weighted by molar-refractivity contribution is -0.143. The Balaban J connectivity index is 2.47. The summed E-state index contributed by atoms with van der Waals surface area (Å²) < 4.78 is 9.66. The quantitative estimate of drug-likeness (QED) is 0.516. The van der Waals surface area contributed by atoms with Crippen LogP contribution in [0.2, 0.25) is 0 Å². The normalized spacial score (nSPS) is 11.7. The van der Waals surface area contributed by atoms with Crippen molar-refractivity contribution in [1.29, 1.82) is 0 Å². The van der Waals surface area contributed by atoms with Gasteiger partial charge in [-0.3, -0.25) is 10.1 Å². The maximum Gasteiger partial charge on any atom is 0.327 e. The number of amides is 1. The first-order chi connectivity index (χ1) is 10.2. The van der Waals surface area contributed by atoms with Gasteiger partial charge >= 0.3 is 5.97 Å². The number of methoxy groups -OCH3 is 2. The van der Waals surface area contributed by atoms with Crippen LogP contribution in [-0.4, -0.2) is 45.8 Å². The van der Waals surface area contributed by atoms with Crippen LogP contribution < -0.4 is 10.6 Å². The summed E-state index contributed by atoms with van der Waals surface area (Å²) in [5.74, 6) is -0.593. The molecule has 1 amide bonds. The van der Waals surface area contributed by atoms with Crippen molar-refractivity contribution in [2.45, 2.75) is 12.5 Å². The van der Waals surface area contributed by atoms with Crippen LogP contribution >= 0.6 is 0 Å². The van der Waals surface area contributed by atoms with Gasteiger partial charge in [0.25, 0.3) is 0 Å². The van der Waals surface area contributed by atoms with Crippen molar-refractivity contribution in [2.24, 2.45) is 0 Å². The minimum absolute atomic E-state index is 0.0433. The zero-order valence-corrected chi connectivity index (χ0v) is 12.4. The Kier molecular flexibility index (Phi) is 8.08. The lowest BCUT2D eigenvalue weighted by Crippen LogP contribution is -2.39. The third-order valence-corrected chi connectivity index (χ3v) is 2.88. The molecule has 0 bridgehead atoms. The largest absolute Gasteiger partial charge is 0.468 e. The summed E-state index contributed by atoms with van der Waals surface area (Å²) in [7, 11) is 2.94. The van der Waals surface area contributed by atoms with Crippen molar-refractivity contribution in [3.63, 3.8) is 0 Å². The Morgan fingerprint density at radius 1 is 1.19 bits per heavy atom. The highest BCUT2D eigenvalue weighted by Crippen LogP contribution is 2.13. The Labute approximate surface area is 124 Å². The highest BCUT2D eigenvalue weighted by molar-refractivity contribution is 5.81. The molecule has 2 N–H and O–H groups in total. The first kappa shape index (κ1) is 17.1. The molecule has 6 nitrogen and oxygen atoms in total. The van der Waals surface area contributed by atoms with E-state index in [1.54, 1.807) is 7.11 Å². The summed E-state index contributed by atoms with van der Waals surface area (Å²) in [6.45, 7) is 1.19. The fraction of sp³-hybridized carbons (Fsp3) is 0.467. The van der Waals surface area contributed by atoms with E-state index in [2.05, 4.69) is 10.6 Å². The molecule has 1 aromatic carbocycles. The van der Waals surface area contributed by atoms with Crippen molar-refractivity contribution in [1.82, 2.24) is 10.6 Å². The van der Waals surface area contributed by atoms with Gasteiger partial charge in [0.1, 0.15) is 6.04 Å². The molecule has 0 aliphatic heterocycles. The summed E-state index contributed by atoms with van der Waals surface area (Å²) in [5.41, 5.74) is 0.761. The number of rotatable bonds is 9. The first-order valence-corrected chi connectivity index (χ1v) is 6.80. The van der Waals surface area contributed by atoms with Crippen molar-refractivity contribution in [2.75, 3.05) is 33.9 Å². The fourth-order valence-electron chi connectivity index (χ4n) is 1.80. The number of nitrogens with one attached hydrogen (secondary N) is 2. The van der Waals surface area contributed by atoms with Gasteiger partial charge in [0.05, 0.1) is 13.7 Å². The first-order valence-electron chi connectivity index (χ1n) is 6.80. The molecule has 6 heteroatoms. The van der Waals surface area contributed by atoms with Crippen LogP contribution in [0.15, 0.2) is 30.3 Å². The Morgan fingerprint density at radius 2 is 1.90 bits per heavy atom. The fourth-order valence-corrected chi connectivity index (χ4v) is 1.80. The minimum Gasteiger partial charge on any atom is -0.468 e. The monoisotopic (exact) mass is 294 g/mol. The molecule has 1 atom stereocenters. The van der Waals surface area contributed by atoms with E-state index < -0.39 is 12.0 Å². The van der Waals surface area contributed by atoms with Crippen LogP contribution in [0, 0.1) is 0 Å². The molecule has 0 spiro atoms. The molecular formula is C15H22N2O4. The van der Waals surface area contributed by atoms with Crippen LogP contribution in [-0.2, 0) is 19.1 Å². The molecule has 1 rings (SSSR count). The molecule has 116 valence electrons. The lowest BCUT2D eigenvalue weighted by Gasteiger charge is -2.16. The Bertz CT molecular complexity index is 437. The second-order valence-electron chi connectivity index (χ2n) is 4.44. The van der Waals surface area contributed by atoms with Gasteiger partial charge in [-0.05, 0) is 12.0 Å². The SMILES string of the molecule is COCCCNC(=O)CNC(C(=O)OC)c1ccccc1. The van der Waals surface area contributed by atoms with Crippen LogP contribution in [0.5, 0.6) is 0 Å². The summed E-state index contributed by atoms with van der Waals surface area (Å²) in [4.78, 5) is 23.5. The highest BCUT2D eigenvalue weighted by Gasteiger charge is 2.21. The van der Waals surface area contributed by atoms with E-state index in [-0.39, 0.29) is 12.5 Å². The van der Waals surface area contributed by atoms with Gasteiger partial charge in [0.2, 0.25) is 5.91 Å². The molecule has 1 aromatic rings. The number of esters is 1. The van der Waals surface area contributed by atoms with E-state index in [0.29, 0.717) is 13.2 Å². The van der Waals surface area contributed by atoms with Crippen molar-refractivity contribution >= 4 is 11.9 Å².